The number of carbonyl (C=O) groups excluding carboxylic acids is 1. The summed E-state index contributed by atoms with van der Waals surface area (Å²) >= 11 is 0. The Kier molecular flexibility index (Phi) is 3.17. The number of aliphatic hydroxyl groups is 1. The van der Waals surface area contributed by atoms with Crippen molar-refractivity contribution in [1.82, 2.24) is 0 Å². The lowest BCUT2D eigenvalue weighted by Crippen LogP contribution is -2.69. The molecule has 0 radical (unpaired) electrons. The van der Waals surface area contributed by atoms with E-state index >= 15 is 0 Å². The van der Waals surface area contributed by atoms with Crippen LogP contribution in [0.3, 0.4) is 0 Å². The normalized spacial score (nSPS) is 29.4. The average Bonchev–Trinajstić information content (AvgIpc) is 2.39. The number of hydrogen-bond acceptors (Lipinski definition) is 4. The second-order valence-electron chi connectivity index (χ2n) is 5.05. The van der Waals surface area contributed by atoms with Crippen LogP contribution in [0.1, 0.15) is 19.4 Å². The summed E-state index contributed by atoms with van der Waals surface area (Å²) in [6.07, 6.45) is -0.364. The molecule has 2 atom stereocenters. The molecular formula is C14H18O4. The topological polar surface area (TPSA) is 55.8 Å². The first-order valence-electron chi connectivity index (χ1n) is 5.93. The molecule has 1 aromatic carbocycles. The molecule has 1 heterocycles. The van der Waals surface area contributed by atoms with Gasteiger partial charge < -0.3 is 14.6 Å². The van der Waals surface area contributed by atoms with E-state index in [4.69, 9.17) is 9.47 Å². The van der Waals surface area contributed by atoms with E-state index in [9.17, 15) is 9.90 Å². The van der Waals surface area contributed by atoms with Gasteiger partial charge >= 0.3 is 5.97 Å². The molecule has 1 aromatic rings. The summed E-state index contributed by atoms with van der Waals surface area (Å²) < 4.78 is 10.6. The van der Waals surface area contributed by atoms with E-state index in [1.54, 1.807) is 0 Å². The first-order chi connectivity index (χ1) is 8.50. The maximum absolute atomic E-state index is 12.2. The van der Waals surface area contributed by atoms with Crippen LogP contribution in [0.15, 0.2) is 30.3 Å². The van der Waals surface area contributed by atoms with Gasteiger partial charge in [0, 0.05) is 5.41 Å². The number of methoxy groups -OCH3 is 1. The Morgan fingerprint density at radius 1 is 1.39 bits per heavy atom. The highest BCUT2D eigenvalue weighted by Crippen LogP contribution is 2.56. The lowest BCUT2D eigenvalue weighted by Gasteiger charge is -2.58. The largest absolute Gasteiger partial charge is 0.467 e. The molecule has 0 amide bonds. The van der Waals surface area contributed by atoms with Crippen molar-refractivity contribution in [2.24, 2.45) is 5.41 Å². The Morgan fingerprint density at radius 2 is 2.00 bits per heavy atom. The van der Waals surface area contributed by atoms with E-state index in [-0.39, 0.29) is 12.7 Å². The smallest absolute Gasteiger partial charge is 0.343 e. The zero-order chi connectivity index (χ0) is 13.4. The summed E-state index contributed by atoms with van der Waals surface area (Å²) in [7, 11) is 1.35. The number of rotatable bonds is 3. The van der Waals surface area contributed by atoms with Crippen molar-refractivity contribution in [2.75, 3.05) is 13.7 Å². The van der Waals surface area contributed by atoms with Crippen molar-refractivity contribution < 1.29 is 19.4 Å². The van der Waals surface area contributed by atoms with Gasteiger partial charge in [0.2, 0.25) is 0 Å². The van der Waals surface area contributed by atoms with Crippen LogP contribution in [0.25, 0.3) is 0 Å². The SMILES string of the molecule is COC(=O)[C@@]1(c2ccccc2)O[C@H](CO)C1(C)C. The minimum atomic E-state index is -1.13. The second kappa shape index (κ2) is 4.37. The summed E-state index contributed by atoms with van der Waals surface area (Å²) in [4.78, 5) is 12.2. The monoisotopic (exact) mass is 250 g/mol. The predicted molar refractivity (Wildman–Crippen MR) is 65.9 cm³/mol. The number of hydrogen-bond donors (Lipinski definition) is 1. The van der Waals surface area contributed by atoms with Crippen molar-refractivity contribution in [2.45, 2.75) is 25.6 Å². The van der Waals surface area contributed by atoms with Crippen LogP contribution in [-0.4, -0.2) is 30.9 Å². The van der Waals surface area contributed by atoms with Gasteiger partial charge in [-0.15, -0.1) is 0 Å². The van der Waals surface area contributed by atoms with Crippen molar-refractivity contribution >= 4 is 5.97 Å². The Morgan fingerprint density at radius 3 is 2.44 bits per heavy atom. The summed E-state index contributed by atoms with van der Waals surface area (Å²) in [5.74, 6) is -0.427. The molecule has 1 aliphatic rings. The lowest BCUT2D eigenvalue weighted by atomic mass is 9.62. The van der Waals surface area contributed by atoms with Crippen molar-refractivity contribution in [3.8, 4) is 0 Å². The first-order valence-corrected chi connectivity index (χ1v) is 5.93. The maximum Gasteiger partial charge on any atom is 0.343 e. The molecule has 0 unspecified atom stereocenters. The fourth-order valence-electron chi connectivity index (χ4n) is 2.63. The summed E-state index contributed by atoms with van der Waals surface area (Å²) in [5.41, 5.74) is -0.890. The molecular weight excluding hydrogens is 232 g/mol. The molecule has 1 N–H and O–H groups in total. The second-order valence-corrected chi connectivity index (χ2v) is 5.05. The lowest BCUT2D eigenvalue weighted by molar-refractivity contribution is -0.315. The van der Waals surface area contributed by atoms with Crippen LogP contribution in [-0.2, 0) is 19.9 Å². The van der Waals surface area contributed by atoms with Crippen LogP contribution >= 0.6 is 0 Å². The minimum Gasteiger partial charge on any atom is -0.467 e. The Bertz CT molecular complexity index is 440. The molecule has 1 fully saturated rings. The van der Waals surface area contributed by atoms with Crippen molar-refractivity contribution in [3.63, 3.8) is 0 Å². The van der Waals surface area contributed by atoms with E-state index in [2.05, 4.69) is 0 Å². The molecule has 0 aromatic heterocycles. The highest BCUT2D eigenvalue weighted by molar-refractivity contribution is 5.84. The number of esters is 1. The molecule has 0 saturated carbocycles. The highest BCUT2D eigenvalue weighted by Gasteiger charge is 2.67. The van der Waals surface area contributed by atoms with Gasteiger partial charge in [-0.2, -0.15) is 0 Å². The molecule has 2 rings (SSSR count). The van der Waals surface area contributed by atoms with Crippen LogP contribution < -0.4 is 0 Å². The van der Waals surface area contributed by atoms with Gasteiger partial charge in [-0.25, -0.2) is 4.79 Å². The molecule has 0 aliphatic carbocycles. The zero-order valence-electron chi connectivity index (χ0n) is 10.8. The number of ether oxygens (including phenoxy) is 2. The van der Waals surface area contributed by atoms with Crippen LogP contribution in [0.2, 0.25) is 0 Å². The fourth-order valence-corrected chi connectivity index (χ4v) is 2.63. The van der Waals surface area contributed by atoms with Gasteiger partial charge in [0.25, 0.3) is 0 Å². The predicted octanol–water partition coefficient (Wildman–Crippen LogP) is 1.47. The number of aliphatic hydroxyl groups excluding tert-OH is 1. The molecule has 0 spiro atoms. The van der Waals surface area contributed by atoms with E-state index < -0.39 is 17.0 Å². The minimum absolute atomic E-state index is 0.113. The fraction of sp³-hybridized carbons (Fsp3) is 0.500. The summed E-state index contributed by atoms with van der Waals surface area (Å²) in [5, 5.41) is 9.28. The third-order valence-electron chi connectivity index (χ3n) is 3.85. The third kappa shape index (κ3) is 1.49. The Labute approximate surface area is 107 Å². The van der Waals surface area contributed by atoms with Gasteiger partial charge in [-0.05, 0) is 5.56 Å². The van der Waals surface area contributed by atoms with E-state index in [0.717, 1.165) is 5.56 Å². The first kappa shape index (κ1) is 13.1. The molecule has 1 aliphatic heterocycles. The third-order valence-corrected chi connectivity index (χ3v) is 3.85. The standard InChI is InChI=1S/C14H18O4/c1-13(2)11(9-15)18-14(13,12(16)17-3)10-7-5-4-6-8-10/h4-8,11,15H,9H2,1-3H3/t11-,14-/m1/s1. The highest BCUT2D eigenvalue weighted by atomic mass is 16.6. The van der Waals surface area contributed by atoms with Crippen LogP contribution in [0.5, 0.6) is 0 Å². The molecule has 4 heteroatoms. The quantitative estimate of drug-likeness (QED) is 0.825. The molecule has 18 heavy (non-hydrogen) atoms. The van der Waals surface area contributed by atoms with Gasteiger partial charge in [0.15, 0.2) is 5.60 Å². The van der Waals surface area contributed by atoms with Crippen LogP contribution in [0, 0.1) is 5.41 Å². The number of carbonyl (C=O) groups is 1. The summed E-state index contributed by atoms with van der Waals surface area (Å²) in [6, 6.07) is 9.26. The van der Waals surface area contributed by atoms with E-state index in [1.807, 2.05) is 44.2 Å². The van der Waals surface area contributed by atoms with Gasteiger partial charge in [-0.1, -0.05) is 44.2 Å². The zero-order valence-corrected chi connectivity index (χ0v) is 10.8. The summed E-state index contributed by atoms with van der Waals surface area (Å²) in [6.45, 7) is 3.70. The Hall–Kier alpha value is -1.39. The van der Waals surface area contributed by atoms with Gasteiger partial charge in [0.1, 0.15) is 0 Å². The molecule has 4 nitrogen and oxygen atoms in total. The van der Waals surface area contributed by atoms with Crippen LogP contribution in [0.4, 0.5) is 0 Å². The van der Waals surface area contributed by atoms with E-state index in [1.165, 1.54) is 7.11 Å². The Balaban J connectivity index is 2.49. The molecule has 98 valence electrons. The van der Waals surface area contributed by atoms with E-state index in [0.29, 0.717) is 0 Å². The molecule has 1 saturated heterocycles. The maximum atomic E-state index is 12.2. The number of benzene rings is 1. The van der Waals surface area contributed by atoms with Crippen molar-refractivity contribution in [3.05, 3.63) is 35.9 Å². The van der Waals surface area contributed by atoms with Gasteiger partial charge in [0.05, 0.1) is 19.8 Å². The molecule has 0 bridgehead atoms. The van der Waals surface area contributed by atoms with Crippen molar-refractivity contribution in [1.29, 1.82) is 0 Å². The van der Waals surface area contributed by atoms with Gasteiger partial charge in [-0.3, -0.25) is 0 Å². The average molecular weight is 250 g/mol.